The fourth-order valence-corrected chi connectivity index (χ4v) is 1.61. The summed E-state index contributed by atoms with van der Waals surface area (Å²) in [6, 6.07) is 0. The van der Waals surface area contributed by atoms with Crippen LogP contribution in [0.25, 0.3) is 0 Å². The Morgan fingerprint density at radius 3 is 2.58 bits per heavy atom. The van der Waals surface area contributed by atoms with Gasteiger partial charge in [0.1, 0.15) is 23.6 Å². The monoisotopic (exact) mass is 267 g/mol. The molecule has 5 N–H and O–H groups in total. The van der Waals surface area contributed by atoms with E-state index in [4.69, 9.17) is 5.73 Å². The van der Waals surface area contributed by atoms with E-state index >= 15 is 0 Å². The van der Waals surface area contributed by atoms with Crippen LogP contribution in [-0.2, 0) is 11.2 Å². The van der Waals surface area contributed by atoms with Crippen molar-refractivity contribution in [1.82, 2.24) is 9.97 Å². The van der Waals surface area contributed by atoms with Crippen molar-refractivity contribution in [3.63, 3.8) is 0 Å². The number of hydrogen-bond acceptors (Lipinski definition) is 6. The second-order valence-electron chi connectivity index (χ2n) is 4.26. The lowest BCUT2D eigenvalue weighted by molar-refractivity contribution is -0.125. The number of aryl methyl sites for hydroxylation is 1. The van der Waals surface area contributed by atoms with Crippen LogP contribution in [0.15, 0.2) is 0 Å². The maximum absolute atomic E-state index is 10.8. The van der Waals surface area contributed by atoms with E-state index in [1.165, 1.54) is 0 Å². The Kier molecular flexibility index (Phi) is 5.50. The highest BCUT2D eigenvalue weighted by Gasteiger charge is 2.14. The molecule has 1 amide bonds. The summed E-state index contributed by atoms with van der Waals surface area (Å²) in [7, 11) is 1.78. The number of carbonyl (C=O) groups excluding carboxylic acids is 1. The number of nitrogens with two attached hydrogens (primary N) is 1. The average molecular weight is 267 g/mol. The van der Waals surface area contributed by atoms with Crippen molar-refractivity contribution in [2.45, 2.75) is 32.8 Å². The van der Waals surface area contributed by atoms with Gasteiger partial charge in [-0.2, -0.15) is 0 Å². The lowest BCUT2D eigenvalue weighted by Crippen LogP contribution is -2.34. The van der Waals surface area contributed by atoms with Crippen molar-refractivity contribution < 1.29 is 9.90 Å². The van der Waals surface area contributed by atoms with E-state index in [1.807, 2.05) is 13.8 Å². The Labute approximate surface area is 112 Å². The molecule has 0 fully saturated rings. The minimum atomic E-state index is -1.23. The van der Waals surface area contributed by atoms with Crippen molar-refractivity contribution in [3.05, 3.63) is 11.4 Å². The maximum atomic E-state index is 10.8. The fraction of sp³-hybridized carbons (Fsp3) is 0.583. The Balaban J connectivity index is 2.91. The Morgan fingerprint density at radius 2 is 2.05 bits per heavy atom. The number of amides is 1. The molecule has 0 saturated heterocycles. The number of aliphatic hydroxyl groups excluding tert-OH is 1. The van der Waals surface area contributed by atoms with Crippen molar-refractivity contribution in [2.24, 2.45) is 5.73 Å². The summed E-state index contributed by atoms with van der Waals surface area (Å²) >= 11 is 0. The quantitative estimate of drug-likeness (QED) is 0.554. The predicted octanol–water partition coefficient (Wildman–Crippen LogP) is 0.0373. The van der Waals surface area contributed by atoms with Gasteiger partial charge in [-0.05, 0) is 13.3 Å². The number of rotatable bonds is 7. The van der Waals surface area contributed by atoms with Crippen LogP contribution in [0.2, 0.25) is 0 Å². The smallest absolute Gasteiger partial charge is 0.248 e. The van der Waals surface area contributed by atoms with Crippen molar-refractivity contribution in [3.8, 4) is 0 Å². The van der Waals surface area contributed by atoms with Gasteiger partial charge in [0.2, 0.25) is 5.91 Å². The number of carbonyl (C=O) groups is 1. The van der Waals surface area contributed by atoms with Crippen molar-refractivity contribution in [1.29, 1.82) is 0 Å². The average Bonchev–Trinajstić information content (AvgIpc) is 2.38. The zero-order chi connectivity index (χ0) is 14.4. The summed E-state index contributed by atoms with van der Waals surface area (Å²) in [5.74, 6) is 1.29. The molecule has 0 radical (unpaired) electrons. The number of nitrogens with zero attached hydrogens (tertiary/aromatic N) is 2. The molecule has 0 bridgehead atoms. The van der Waals surface area contributed by atoms with Crippen molar-refractivity contribution >= 4 is 17.5 Å². The molecule has 7 heteroatoms. The molecule has 0 aromatic carbocycles. The van der Waals surface area contributed by atoms with Crippen LogP contribution in [0.1, 0.15) is 24.7 Å². The lowest BCUT2D eigenvalue weighted by Gasteiger charge is -2.14. The first-order chi connectivity index (χ1) is 8.99. The topological polar surface area (TPSA) is 113 Å². The van der Waals surface area contributed by atoms with Gasteiger partial charge in [-0.15, -0.1) is 0 Å². The molecule has 1 unspecified atom stereocenters. The SMILES string of the molecule is CCCc1nc(NC)c(C)c(NCC(O)C(N)=O)n1. The van der Waals surface area contributed by atoms with E-state index in [0.29, 0.717) is 11.6 Å². The second kappa shape index (κ2) is 6.89. The normalized spacial score (nSPS) is 12.0. The molecule has 106 valence electrons. The molecular weight excluding hydrogens is 246 g/mol. The first kappa shape index (κ1) is 15.2. The van der Waals surface area contributed by atoms with E-state index in [-0.39, 0.29) is 6.54 Å². The molecule has 0 aliphatic heterocycles. The zero-order valence-corrected chi connectivity index (χ0v) is 11.5. The van der Waals surface area contributed by atoms with Crippen molar-refractivity contribution in [2.75, 3.05) is 24.2 Å². The number of aromatic nitrogens is 2. The molecule has 1 aromatic heterocycles. The van der Waals surface area contributed by atoms with E-state index in [9.17, 15) is 9.90 Å². The van der Waals surface area contributed by atoms with Crippen LogP contribution in [0.3, 0.4) is 0 Å². The highest BCUT2D eigenvalue weighted by molar-refractivity contribution is 5.79. The summed E-state index contributed by atoms with van der Waals surface area (Å²) < 4.78 is 0. The van der Waals surface area contributed by atoms with Crippen LogP contribution < -0.4 is 16.4 Å². The van der Waals surface area contributed by atoms with E-state index in [2.05, 4.69) is 20.6 Å². The minimum Gasteiger partial charge on any atom is -0.381 e. The van der Waals surface area contributed by atoms with Gasteiger partial charge < -0.3 is 21.5 Å². The Hall–Kier alpha value is -1.89. The number of primary amides is 1. The molecule has 19 heavy (non-hydrogen) atoms. The lowest BCUT2D eigenvalue weighted by atomic mass is 10.2. The van der Waals surface area contributed by atoms with Gasteiger partial charge in [-0.25, -0.2) is 9.97 Å². The van der Waals surface area contributed by atoms with Gasteiger partial charge in [0.25, 0.3) is 0 Å². The van der Waals surface area contributed by atoms with Crippen LogP contribution >= 0.6 is 0 Å². The van der Waals surface area contributed by atoms with Crippen LogP contribution in [0, 0.1) is 6.92 Å². The summed E-state index contributed by atoms with van der Waals surface area (Å²) in [4.78, 5) is 19.5. The van der Waals surface area contributed by atoms with Crippen LogP contribution in [0.4, 0.5) is 11.6 Å². The largest absolute Gasteiger partial charge is 0.381 e. The van der Waals surface area contributed by atoms with Crippen LogP contribution in [-0.4, -0.2) is 40.7 Å². The molecule has 0 saturated carbocycles. The third-order valence-corrected chi connectivity index (χ3v) is 2.69. The number of hydrogen-bond donors (Lipinski definition) is 4. The molecule has 1 heterocycles. The molecule has 7 nitrogen and oxygen atoms in total. The predicted molar refractivity (Wildman–Crippen MR) is 74.0 cm³/mol. The number of nitrogens with one attached hydrogen (secondary N) is 2. The highest BCUT2D eigenvalue weighted by Crippen LogP contribution is 2.20. The third-order valence-electron chi connectivity index (χ3n) is 2.69. The summed E-state index contributed by atoms with van der Waals surface area (Å²) in [5.41, 5.74) is 5.83. The van der Waals surface area contributed by atoms with Gasteiger partial charge in [-0.1, -0.05) is 6.92 Å². The Morgan fingerprint density at radius 1 is 1.42 bits per heavy atom. The minimum absolute atomic E-state index is 0.0297. The molecule has 0 spiro atoms. The molecule has 1 atom stereocenters. The third kappa shape index (κ3) is 4.06. The maximum Gasteiger partial charge on any atom is 0.248 e. The molecule has 1 rings (SSSR count). The number of aliphatic hydroxyl groups is 1. The van der Waals surface area contributed by atoms with Gasteiger partial charge in [-0.3, -0.25) is 4.79 Å². The van der Waals surface area contributed by atoms with E-state index in [0.717, 1.165) is 24.2 Å². The van der Waals surface area contributed by atoms with Gasteiger partial charge in [0.15, 0.2) is 0 Å². The van der Waals surface area contributed by atoms with Gasteiger partial charge in [0, 0.05) is 19.0 Å². The fourth-order valence-electron chi connectivity index (χ4n) is 1.61. The summed E-state index contributed by atoms with van der Waals surface area (Å²) in [6.07, 6.45) is 0.472. The molecular formula is C12H21N5O2. The van der Waals surface area contributed by atoms with Gasteiger partial charge >= 0.3 is 0 Å². The molecule has 0 aliphatic carbocycles. The van der Waals surface area contributed by atoms with Gasteiger partial charge in [0.05, 0.1) is 6.54 Å². The van der Waals surface area contributed by atoms with Crippen LogP contribution in [0.5, 0.6) is 0 Å². The summed E-state index contributed by atoms with van der Waals surface area (Å²) in [6.45, 7) is 3.94. The second-order valence-corrected chi connectivity index (χ2v) is 4.26. The Bertz CT molecular complexity index is 450. The standard InChI is InChI=1S/C12H21N5O2/c1-4-5-9-16-11(14-3)7(2)12(17-9)15-6-8(18)10(13)19/h8,18H,4-6H2,1-3H3,(H2,13,19)(H2,14,15,16,17). The summed E-state index contributed by atoms with van der Waals surface area (Å²) in [5, 5.41) is 15.3. The number of anilines is 2. The first-order valence-electron chi connectivity index (χ1n) is 6.26. The van der Waals surface area contributed by atoms with E-state index in [1.54, 1.807) is 7.05 Å². The molecule has 1 aromatic rings. The highest BCUT2D eigenvalue weighted by atomic mass is 16.3. The van der Waals surface area contributed by atoms with E-state index < -0.39 is 12.0 Å². The molecule has 0 aliphatic rings. The first-order valence-corrected chi connectivity index (χ1v) is 6.26. The zero-order valence-electron chi connectivity index (χ0n) is 11.5.